The molecular weight excluding hydrogens is 358 g/mol. The third-order valence-electron chi connectivity index (χ3n) is 4.94. The number of carbonyl (C=O) groups is 1. The van der Waals surface area contributed by atoms with Crippen molar-refractivity contribution in [3.05, 3.63) is 41.7 Å². The molecule has 1 amide bonds. The number of aliphatic hydroxyl groups is 1. The van der Waals surface area contributed by atoms with Crippen LogP contribution in [0.2, 0.25) is 0 Å². The molecule has 0 fully saturated rings. The topological polar surface area (TPSA) is 92.3 Å². The van der Waals surface area contributed by atoms with E-state index in [1.54, 1.807) is 0 Å². The zero-order valence-electron chi connectivity index (χ0n) is 16.0. The number of likely N-dealkylation sites (N-methyl/N-ethyl adjacent to an activating group) is 1. The van der Waals surface area contributed by atoms with Crippen LogP contribution in [-0.2, 0) is 31.0 Å². The fourth-order valence-corrected chi connectivity index (χ4v) is 3.53. The van der Waals surface area contributed by atoms with Crippen molar-refractivity contribution in [2.24, 2.45) is 0 Å². The van der Waals surface area contributed by atoms with Crippen LogP contribution in [-0.4, -0.2) is 72.3 Å². The zero-order chi connectivity index (χ0) is 19.5. The Hall–Kier alpha value is -2.78. The molecule has 148 valence electrons. The molecule has 2 aromatic heterocycles. The van der Waals surface area contributed by atoms with E-state index in [-0.39, 0.29) is 19.1 Å². The van der Waals surface area contributed by atoms with Gasteiger partial charge in [-0.25, -0.2) is 0 Å². The van der Waals surface area contributed by atoms with Gasteiger partial charge in [0.2, 0.25) is 5.91 Å². The summed E-state index contributed by atoms with van der Waals surface area (Å²) in [6.07, 6.45) is 0.862. The molecule has 0 bridgehead atoms. The first kappa shape index (κ1) is 18.6. The van der Waals surface area contributed by atoms with Crippen molar-refractivity contribution >= 4 is 16.9 Å². The number of aromatic nitrogens is 5. The molecule has 0 saturated heterocycles. The Labute approximate surface area is 163 Å². The summed E-state index contributed by atoms with van der Waals surface area (Å²) in [6, 6.07) is 9.66. The minimum absolute atomic E-state index is 0.00825. The van der Waals surface area contributed by atoms with Gasteiger partial charge in [0, 0.05) is 26.2 Å². The molecule has 3 heterocycles. The van der Waals surface area contributed by atoms with E-state index in [9.17, 15) is 4.79 Å². The van der Waals surface area contributed by atoms with Crippen molar-refractivity contribution in [2.75, 3.05) is 26.7 Å². The van der Waals surface area contributed by atoms with E-state index >= 15 is 0 Å². The van der Waals surface area contributed by atoms with Crippen LogP contribution in [0.15, 0.2) is 30.3 Å². The van der Waals surface area contributed by atoms with Gasteiger partial charge in [0.25, 0.3) is 0 Å². The van der Waals surface area contributed by atoms with Crippen molar-refractivity contribution in [1.82, 2.24) is 34.6 Å². The summed E-state index contributed by atoms with van der Waals surface area (Å²) in [7, 11) is 1.96. The standard InChI is InChI=1S/C19H25N7O2/c1-23(9-10-27)12-15-11-16-13-24(7-4-8-25(16)20-15)19(28)14-26-21-17-5-2-3-6-18(17)22-26/h2-3,5-6,11,27H,4,7-10,12-14H2,1H3. The fraction of sp³-hybridized carbons (Fsp3) is 0.474. The Morgan fingerprint density at radius 2 is 1.93 bits per heavy atom. The molecule has 1 N–H and O–H groups in total. The first-order valence-corrected chi connectivity index (χ1v) is 9.55. The van der Waals surface area contributed by atoms with Crippen molar-refractivity contribution in [2.45, 2.75) is 32.6 Å². The maximum absolute atomic E-state index is 12.8. The second kappa shape index (κ2) is 8.07. The molecule has 0 aliphatic carbocycles. The fourth-order valence-electron chi connectivity index (χ4n) is 3.53. The lowest BCUT2D eigenvalue weighted by Crippen LogP contribution is -2.34. The van der Waals surface area contributed by atoms with Crippen LogP contribution in [0.3, 0.4) is 0 Å². The van der Waals surface area contributed by atoms with Gasteiger partial charge < -0.3 is 10.0 Å². The summed E-state index contributed by atoms with van der Waals surface area (Å²) < 4.78 is 2.00. The predicted molar refractivity (Wildman–Crippen MR) is 103 cm³/mol. The highest BCUT2D eigenvalue weighted by Crippen LogP contribution is 2.15. The van der Waals surface area contributed by atoms with E-state index in [0.29, 0.717) is 26.2 Å². The highest BCUT2D eigenvalue weighted by molar-refractivity contribution is 5.77. The van der Waals surface area contributed by atoms with Gasteiger partial charge in [0.05, 0.1) is 24.5 Å². The van der Waals surface area contributed by atoms with Crippen molar-refractivity contribution < 1.29 is 9.90 Å². The maximum Gasteiger partial charge on any atom is 0.246 e. The SMILES string of the molecule is CN(CCO)Cc1cc2n(n1)CCCN(C(=O)Cn1nc3ccccc3n1)C2. The highest BCUT2D eigenvalue weighted by atomic mass is 16.3. The molecule has 0 atom stereocenters. The molecule has 9 heteroatoms. The van der Waals surface area contributed by atoms with Crippen LogP contribution in [0, 0.1) is 0 Å². The quantitative estimate of drug-likeness (QED) is 0.666. The summed E-state index contributed by atoms with van der Waals surface area (Å²) in [5, 5.41) is 22.5. The van der Waals surface area contributed by atoms with Crippen LogP contribution >= 0.6 is 0 Å². The number of amides is 1. The minimum atomic E-state index is 0.00825. The van der Waals surface area contributed by atoms with Crippen LogP contribution in [0.25, 0.3) is 11.0 Å². The number of hydrogen-bond donors (Lipinski definition) is 1. The van der Waals surface area contributed by atoms with E-state index in [1.807, 2.05) is 45.8 Å². The highest BCUT2D eigenvalue weighted by Gasteiger charge is 2.22. The van der Waals surface area contributed by atoms with Gasteiger partial charge in [0.15, 0.2) is 0 Å². The molecule has 1 aliphatic rings. The van der Waals surface area contributed by atoms with E-state index in [0.717, 1.165) is 35.4 Å². The van der Waals surface area contributed by atoms with Crippen molar-refractivity contribution in [3.63, 3.8) is 0 Å². The lowest BCUT2D eigenvalue weighted by molar-refractivity contribution is -0.132. The summed E-state index contributed by atoms with van der Waals surface area (Å²) in [5.74, 6) is 0.00825. The molecule has 1 aliphatic heterocycles. The van der Waals surface area contributed by atoms with E-state index in [1.165, 1.54) is 4.80 Å². The minimum Gasteiger partial charge on any atom is -0.395 e. The predicted octanol–water partition coefficient (Wildman–Crippen LogP) is 0.484. The van der Waals surface area contributed by atoms with Crippen molar-refractivity contribution in [1.29, 1.82) is 0 Å². The largest absolute Gasteiger partial charge is 0.395 e. The molecule has 0 unspecified atom stereocenters. The van der Waals surface area contributed by atoms with Gasteiger partial charge in [-0.1, -0.05) is 12.1 Å². The van der Waals surface area contributed by atoms with Crippen LogP contribution in [0.5, 0.6) is 0 Å². The van der Waals surface area contributed by atoms with E-state index in [2.05, 4.69) is 21.4 Å². The maximum atomic E-state index is 12.8. The molecule has 28 heavy (non-hydrogen) atoms. The van der Waals surface area contributed by atoms with Gasteiger partial charge in [0.1, 0.15) is 17.6 Å². The second-order valence-corrected chi connectivity index (χ2v) is 7.20. The van der Waals surface area contributed by atoms with Crippen LogP contribution in [0.4, 0.5) is 0 Å². The third kappa shape index (κ3) is 4.05. The molecule has 3 aromatic rings. The molecule has 0 radical (unpaired) electrons. The Bertz CT molecular complexity index is 931. The van der Waals surface area contributed by atoms with Gasteiger partial charge in [-0.2, -0.15) is 20.1 Å². The Balaban J connectivity index is 1.44. The second-order valence-electron chi connectivity index (χ2n) is 7.20. The number of aryl methyl sites for hydroxylation is 1. The summed E-state index contributed by atoms with van der Waals surface area (Å²) >= 11 is 0. The monoisotopic (exact) mass is 383 g/mol. The van der Waals surface area contributed by atoms with Crippen LogP contribution < -0.4 is 0 Å². The van der Waals surface area contributed by atoms with Gasteiger partial charge in [-0.3, -0.25) is 14.4 Å². The number of nitrogens with zero attached hydrogens (tertiary/aromatic N) is 7. The summed E-state index contributed by atoms with van der Waals surface area (Å²) in [4.78, 5) is 18.2. The van der Waals surface area contributed by atoms with Gasteiger partial charge in [-0.05, 0) is 31.7 Å². The molecular formula is C19H25N7O2. The van der Waals surface area contributed by atoms with E-state index < -0.39 is 0 Å². The molecule has 4 rings (SSSR count). The zero-order valence-corrected chi connectivity index (χ0v) is 16.0. The average Bonchev–Trinajstić information content (AvgIpc) is 3.18. The summed E-state index contributed by atoms with van der Waals surface area (Å²) in [6.45, 7) is 3.58. The number of fused-ring (bicyclic) bond motifs is 2. The lowest BCUT2D eigenvalue weighted by atomic mass is 10.3. The Morgan fingerprint density at radius 3 is 2.64 bits per heavy atom. The smallest absolute Gasteiger partial charge is 0.246 e. The first-order chi connectivity index (χ1) is 13.6. The molecule has 0 saturated carbocycles. The van der Waals surface area contributed by atoms with Gasteiger partial charge >= 0.3 is 0 Å². The van der Waals surface area contributed by atoms with Crippen LogP contribution in [0.1, 0.15) is 17.8 Å². The molecule has 0 spiro atoms. The van der Waals surface area contributed by atoms with Crippen molar-refractivity contribution in [3.8, 4) is 0 Å². The number of hydrogen-bond acceptors (Lipinski definition) is 6. The number of aliphatic hydroxyl groups excluding tert-OH is 1. The summed E-state index contributed by atoms with van der Waals surface area (Å²) in [5.41, 5.74) is 3.58. The number of rotatable bonds is 6. The average molecular weight is 383 g/mol. The number of benzene rings is 1. The molecule has 9 nitrogen and oxygen atoms in total. The first-order valence-electron chi connectivity index (χ1n) is 9.55. The third-order valence-corrected chi connectivity index (χ3v) is 4.94. The Morgan fingerprint density at radius 1 is 1.18 bits per heavy atom. The van der Waals surface area contributed by atoms with E-state index in [4.69, 9.17) is 5.11 Å². The Kier molecular flexibility index (Phi) is 5.36. The normalized spacial score (nSPS) is 14.5. The van der Waals surface area contributed by atoms with Gasteiger partial charge in [-0.15, -0.1) is 0 Å². The lowest BCUT2D eigenvalue weighted by Gasteiger charge is -2.19. The number of carbonyl (C=O) groups excluding carboxylic acids is 1. The molecule has 1 aromatic carbocycles.